The highest BCUT2D eigenvalue weighted by atomic mass is 16.4. The third-order valence-corrected chi connectivity index (χ3v) is 4.31. The Balaban J connectivity index is 1.95. The van der Waals surface area contributed by atoms with E-state index in [1.54, 1.807) is 0 Å². The van der Waals surface area contributed by atoms with Gasteiger partial charge in [-0.1, -0.05) is 6.07 Å². The van der Waals surface area contributed by atoms with Crippen LogP contribution in [0.5, 0.6) is 0 Å². The average molecular weight is 345 g/mol. The minimum atomic E-state index is -1.12. The average Bonchev–Trinajstić information content (AvgIpc) is 2.83. The molecule has 0 aromatic heterocycles. The summed E-state index contributed by atoms with van der Waals surface area (Å²) in [4.78, 5) is 61.8. The largest absolute Gasteiger partial charge is 0.480 e. The highest BCUT2D eigenvalue weighted by Crippen LogP contribution is 2.32. The Kier molecular flexibility index (Phi) is 3.99. The zero-order valence-electron chi connectivity index (χ0n) is 13.3. The number of nitrogens with one attached hydrogen (secondary N) is 1. The molecular weight excluding hydrogens is 330 g/mol. The van der Waals surface area contributed by atoms with Crippen LogP contribution in [0, 0.1) is 0 Å². The van der Waals surface area contributed by atoms with Crippen LogP contribution in [-0.2, 0) is 14.4 Å². The maximum Gasteiger partial charge on any atom is 0.322 e. The van der Waals surface area contributed by atoms with Gasteiger partial charge < -0.3 is 10.4 Å². The molecule has 2 heterocycles. The van der Waals surface area contributed by atoms with Crippen LogP contribution in [0.4, 0.5) is 5.69 Å². The first-order valence-electron chi connectivity index (χ1n) is 7.60. The van der Waals surface area contributed by atoms with Crippen LogP contribution in [-0.4, -0.2) is 64.1 Å². The van der Waals surface area contributed by atoms with E-state index >= 15 is 0 Å². The van der Waals surface area contributed by atoms with E-state index in [-0.39, 0.29) is 35.6 Å². The second kappa shape index (κ2) is 6.00. The second-order valence-electron chi connectivity index (χ2n) is 5.80. The first-order chi connectivity index (χ1) is 11.8. The van der Waals surface area contributed by atoms with Crippen LogP contribution in [0.2, 0.25) is 0 Å². The van der Waals surface area contributed by atoms with Crippen molar-refractivity contribution < 1.29 is 29.1 Å². The van der Waals surface area contributed by atoms with E-state index < -0.39 is 36.3 Å². The zero-order chi connectivity index (χ0) is 18.3. The summed E-state index contributed by atoms with van der Waals surface area (Å²) in [6, 6.07) is 3.43. The quantitative estimate of drug-likeness (QED) is 0.732. The Morgan fingerprint density at radius 2 is 1.96 bits per heavy atom. The number of fused-ring (bicyclic) bond motifs is 1. The number of aliphatic carboxylic acids is 1. The molecule has 9 heteroatoms. The third kappa shape index (κ3) is 2.63. The highest BCUT2D eigenvalue weighted by Gasteiger charge is 2.47. The van der Waals surface area contributed by atoms with E-state index in [1.165, 1.54) is 25.2 Å². The molecule has 130 valence electrons. The Morgan fingerprint density at radius 1 is 1.24 bits per heavy atom. The Hall–Kier alpha value is -3.23. The van der Waals surface area contributed by atoms with Gasteiger partial charge in [0.05, 0.1) is 11.1 Å². The number of anilines is 1. The van der Waals surface area contributed by atoms with Gasteiger partial charge in [-0.3, -0.25) is 33.8 Å². The number of carbonyl (C=O) groups is 5. The van der Waals surface area contributed by atoms with Gasteiger partial charge >= 0.3 is 5.97 Å². The normalized spacial score (nSPS) is 20.1. The van der Waals surface area contributed by atoms with E-state index in [2.05, 4.69) is 5.32 Å². The monoisotopic (exact) mass is 345 g/mol. The van der Waals surface area contributed by atoms with Crippen LogP contribution in [0.3, 0.4) is 0 Å². The van der Waals surface area contributed by atoms with E-state index in [0.717, 1.165) is 9.80 Å². The predicted octanol–water partition coefficient (Wildman–Crippen LogP) is -0.0735. The number of carboxylic acid groups (broad SMARTS) is 1. The molecule has 2 aliphatic heterocycles. The molecule has 2 aliphatic rings. The molecule has 0 bridgehead atoms. The maximum atomic E-state index is 12.8. The van der Waals surface area contributed by atoms with Crippen molar-refractivity contribution in [2.24, 2.45) is 0 Å². The van der Waals surface area contributed by atoms with Gasteiger partial charge in [0.1, 0.15) is 12.6 Å². The number of imide groups is 2. The van der Waals surface area contributed by atoms with Crippen molar-refractivity contribution in [2.45, 2.75) is 18.9 Å². The fourth-order valence-corrected chi connectivity index (χ4v) is 3.04. The van der Waals surface area contributed by atoms with Crippen LogP contribution in [0.15, 0.2) is 18.2 Å². The van der Waals surface area contributed by atoms with E-state index in [4.69, 9.17) is 5.11 Å². The van der Waals surface area contributed by atoms with Crippen LogP contribution in [0.1, 0.15) is 33.6 Å². The van der Waals surface area contributed by atoms with Gasteiger partial charge in [-0.25, -0.2) is 0 Å². The smallest absolute Gasteiger partial charge is 0.322 e. The standard InChI is InChI=1S/C16H15N3O6/c1-18-11(20)6-5-10(15(18)24)19-14(23)8-3-2-4-9(13(8)16(19)25)17-7-12(21)22/h2-4,10,17H,5-7H2,1H3,(H,21,22). The minimum Gasteiger partial charge on any atom is -0.480 e. The van der Waals surface area contributed by atoms with Crippen LogP contribution < -0.4 is 5.32 Å². The summed E-state index contributed by atoms with van der Waals surface area (Å²) in [5.41, 5.74) is 0.363. The maximum absolute atomic E-state index is 12.8. The predicted molar refractivity (Wildman–Crippen MR) is 83.9 cm³/mol. The van der Waals surface area contributed by atoms with Crippen molar-refractivity contribution in [3.8, 4) is 0 Å². The molecule has 0 spiro atoms. The molecule has 1 atom stereocenters. The summed E-state index contributed by atoms with van der Waals surface area (Å²) in [5.74, 6) is -3.38. The van der Waals surface area contributed by atoms with E-state index in [9.17, 15) is 24.0 Å². The van der Waals surface area contributed by atoms with Crippen LogP contribution >= 0.6 is 0 Å². The van der Waals surface area contributed by atoms with E-state index in [0.29, 0.717) is 0 Å². The number of piperidine rings is 1. The van der Waals surface area contributed by atoms with Crippen molar-refractivity contribution in [3.05, 3.63) is 29.3 Å². The number of hydrogen-bond acceptors (Lipinski definition) is 6. The van der Waals surface area contributed by atoms with Gasteiger partial charge in [0.2, 0.25) is 5.91 Å². The molecular formula is C16H15N3O6. The fraction of sp³-hybridized carbons (Fsp3) is 0.312. The molecule has 25 heavy (non-hydrogen) atoms. The topological polar surface area (TPSA) is 124 Å². The van der Waals surface area contributed by atoms with Crippen molar-refractivity contribution in [2.75, 3.05) is 18.9 Å². The third-order valence-electron chi connectivity index (χ3n) is 4.31. The SMILES string of the molecule is CN1C(=O)CCC(N2C(=O)c3cccc(NCC(=O)O)c3C2=O)C1=O. The van der Waals surface area contributed by atoms with Gasteiger partial charge in [-0.05, 0) is 18.6 Å². The number of hydrogen-bond donors (Lipinski definition) is 2. The fourth-order valence-electron chi connectivity index (χ4n) is 3.04. The highest BCUT2D eigenvalue weighted by molar-refractivity contribution is 6.25. The van der Waals surface area contributed by atoms with Crippen molar-refractivity contribution >= 4 is 35.3 Å². The summed E-state index contributed by atoms with van der Waals surface area (Å²) in [6.07, 6.45) is 0.135. The molecule has 1 saturated heterocycles. The molecule has 4 amide bonds. The number of likely N-dealkylation sites (N-methyl/N-ethyl adjacent to an activating group) is 1. The lowest BCUT2D eigenvalue weighted by Gasteiger charge is -2.32. The number of nitrogens with zero attached hydrogens (tertiary/aromatic N) is 2. The molecule has 0 saturated carbocycles. The van der Waals surface area contributed by atoms with E-state index in [1.807, 2.05) is 0 Å². The molecule has 2 N–H and O–H groups in total. The first kappa shape index (κ1) is 16.6. The Morgan fingerprint density at radius 3 is 2.64 bits per heavy atom. The van der Waals surface area contributed by atoms with Gasteiger partial charge in [-0.15, -0.1) is 0 Å². The minimum absolute atomic E-state index is 0.0427. The molecule has 3 rings (SSSR count). The number of benzene rings is 1. The number of likely N-dealkylation sites (tertiary alicyclic amines) is 1. The molecule has 1 unspecified atom stereocenters. The number of carboxylic acids is 1. The van der Waals surface area contributed by atoms with Crippen molar-refractivity contribution in [1.29, 1.82) is 0 Å². The molecule has 1 fully saturated rings. The summed E-state index contributed by atoms with van der Waals surface area (Å²) in [6.45, 7) is -0.419. The van der Waals surface area contributed by atoms with Gasteiger partial charge in [-0.2, -0.15) is 0 Å². The number of rotatable bonds is 4. The summed E-state index contributed by atoms with van der Waals surface area (Å²) in [7, 11) is 1.31. The molecule has 1 aromatic carbocycles. The van der Waals surface area contributed by atoms with Crippen molar-refractivity contribution in [3.63, 3.8) is 0 Å². The Bertz CT molecular complexity index is 818. The lowest BCUT2D eigenvalue weighted by atomic mass is 10.0. The number of carbonyl (C=O) groups excluding carboxylic acids is 4. The molecule has 0 radical (unpaired) electrons. The summed E-state index contributed by atoms with van der Waals surface area (Å²) >= 11 is 0. The number of amides is 4. The Labute approximate surface area is 142 Å². The van der Waals surface area contributed by atoms with Crippen molar-refractivity contribution in [1.82, 2.24) is 9.80 Å². The lowest BCUT2D eigenvalue weighted by molar-refractivity contribution is -0.149. The summed E-state index contributed by atoms with van der Waals surface area (Å²) in [5, 5.41) is 11.4. The molecule has 9 nitrogen and oxygen atoms in total. The van der Waals surface area contributed by atoms with Gasteiger partial charge in [0, 0.05) is 19.2 Å². The van der Waals surface area contributed by atoms with Gasteiger partial charge in [0.15, 0.2) is 0 Å². The summed E-state index contributed by atoms with van der Waals surface area (Å²) < 4.78 is 0. The van der Waals surface area contributed by atoms with Gasteiger partial charge in [0.25, 0.3) is 17.7 Å². The first-order valence-corrected chi connectivity index (χ1v) is 7.60. The lowest BCUT2D eigenvalue weighted by Crippen LogP contribution is -2.54. The molecule has 1 aromatic rings. The zero-order valence-corrected chi connectivity index (χ0v) is 13.3. The molecule has 0 aliphatic carbocycles. The second-order valence-corrected chi connectivity index (χ2v) is 5.80. The van der Waals surface area contributed by atoms with Crippen LogP contribution in [0.25, 0.3) is 0 Å².